The first-order valence-electron chi connectivity index (χ1n) is 7.94. The van der Waals surface area contributed by atoms with Gasteiger partial charge in [-0.3, -0.25) is 0 Å². The number of nitrogen functional groups attached to an aromatic ring is 1. The first-order chi connectivity index (χ1) is 12.6. The van der Waals surface area contributed by atoms with Gasteiger partial charge in [0.05, 0.1) is 19.9 Å². The predicted molar refractivity (Wildman–Crippen MR) is 105 cm³/mol. The lowest BCUT2D eigenvalue weighted by Crippen LogP contribution is -2.03. The van der Waals surface area contributed by atoms with Gasteiger partial charge in [-0.1, -0.05) is 29.5 Å². The molecule has 3 rings (SSSR count). The van der Waals surface area contributed by atoms with Gasteiger partial charge in [0.25, 0.3) is 0 Å². The van der Waals surface area contributed by atoms with Gasteiger partial charge in [-0.25, -0.2) is 9.97 Å². The van der Waals surface area contributed by atoms with Crippen LogP contribution in [0.25, 0.3) is 0 Å². The van der Waals surface area contributed by atoms with Crippen molar-refractivity contribution in [1.29, 1.82) is 0 Å². The molecule has 0 unspecified atom stereocenters. The Hall–Kier alpha value is -2.93. The number of ether oxygens (including phenoxy) is 2. The van der Waals surface area contributed by atoms with E-state index in [0.29, 0.717) is 33.7 Å². The Balaban J connectivity index is 1.89. The molecule has 0 spiro atoms. The maximum atomic E-state index is 6.29. The molecule has 0 aliphatic rings. The number of nitrogens with two attached hydrogens (primary N) is 1. The molecule has 0 amide bonds. The fraction of sp³-hybridized carbons (Fsp3) is 0.158. The molecule has 0 atom stereocenters. The topological polar surface area (TPSA) is 82.3 Å². The molecule has 0 radical (unpaired) electrons. The van der Waals surface area contributed by atoms with Crippen molar-refractivity contribution < 1.29 is 9.47 Å². The van der Waals surface area contributed by atoms with Gasteiger partial charge in [0.1, 0.15) is 28.5 Å². The quantitative estimate of drug-likeness (QED) is 0.628. The zero-order valence-corrected chi connectivity index (χ0v) is 15.6. The number of methoxy groups -OCH3 is 2. The van der Waals surface area contributed by atoms with Gasteiger partial charge in [0.15, 0.2) is 5.82 Å². The Morgan fingerprint density at radius 2 is 1.77 bits per heavy atom. The summed E-state index contributed by atoms with van der Waals surface area (Å²) in [6.45, 7) is 2.05. The third-order valence-electron chi connectivity index (χ3n) is 3.74. The molecular weight excluding hydrogens is 348 g/mol. The van der Waals surface area contributed by atoms with Gasteiger partial charge in [-0.2, -0.15) is 0 Å². The normalized spacial score (nSPS) is 10.4. The van der Waals surface area contributed by atoms with E-state index in [1.807, 2.05) is 30.3 Å². The summed E-state index contributed by atoms with van der Waals surface area (Å²) in [6, 6.07) is 13.7. The third kappa shape index (κ3) is 4.00. The number of aryl methyl sites for hydroxylation is 1. The van der Waals surface area contributed by atoms with E-state index in [2.05, 4.69) is 34.3 Å². The number of nitrogens with one attached hydrogen (secondary N) is 1. The van der Waals surface area contributed by atoms with E-state index in [4.69, 9.17) is 15.2 Å². The molecule has 0 fully saturated rings. The number of benzene rings is 2. The maximum Gasteiger partial charge on any atom is 0.158 e. The minimum Gasteiger partial charge on any atom is -0.497 e. The summed E-state index contributed by atoms with van der Waals surface area (Å²) in [7, 11) is 3.22. The van der Waals surface area contributed by atoms with Crippen LogP contribution in [0.4, 0.5) is 17.2 Å². The van der Waals surface area contributed by atoms with Gasteiger partial charge >= 0.3 is 0 Å². The maximum absolute atomic E-state index is 6.29. The lowest BCUT2D eigenvalue weighted by Gasteiger charge is -2.14. The molecule has 3 N–H and O–H groups in total. The number of rotatable bonds is 6. The summed E-state index contributed by atoms with van der Waals surface area (Å²) in [6.07, 6.45) is 1.49. The number of nitrogens with zero attached hydrogens (tertiary/aromatic N) is 2. The van der Waals surface area contributed by atoms with Crippen LogP contribution in [0.15, 0.2) is 58.7 Å². The molecule has 0 saturated heterocycles. The molecule has 7 heteroatoms. The average Bonchev–Trinajstić information content (AvgIpc) is 2.66. The Morgan fingerprint density at radius 3 is 2.46 bits per heavy atom. The van der Waals surface area contributed by atoms with Crippen molar-refractivity contribution in [3.05, 3.63) is 54.4 Å². The van der Waals surface area contributed by atoms with E-state index in [1.165, 1.54) is 23.7 Å². The molecule has 26 heavy (non-hydrogen) atoms. The molecule has 1 heterocycles. The summed E-state index contributed by atoms with van der Waals surface area (Å²) < 4.78 is 10.7. The zero-order chi connectivity index (χ0) is 18.5. The van der Waals surface area contributed by atoms with Crippen molar-refractivity contribution in [3.63, 3.8) is 0 Å². The highest BCUT2D eigenvalue weighted by Crippen LogP contribution is 2.36. The Bertz CT molecular complexity index is 901. The minimum absolute atomic E-state index is 0.475. The number of anilines is 3. The van der Waals surface area contributed by atoms with Crippen LogP contribution < -0.4 is 20.5 Å². The molecule has 2 aromatic carbocycles. The number of hydrogen-bond donors (Lipinski definition) is 2. The molecule has 3 aromatic rings. The van der Waals surface area contributed by atoms with E-state index >= 15 is 0 Å². The van der Waals surface area contributed by atoms with Crippen LogP contribution in [0.5, 0.6) is 11.5 Å². The van der Waals surface area contributed by atoms with Crippen LogP contribution in [-0.4, -0.2) is 24.2 Å². The molecule has 0 aliphatic heterocycles. The summed E-state index contributed by atoms with van der Waals surface area (Å²) in [5.41, 5.74) is 8.68. The number of aromatic nitrogens is 2. The summed E-state index contributed by atoms with van der Waals surface area (Å²) >= 11 is 1.49. The molecule has 134 valence electrons. The second kappa shape index (κ2) is 7.97. The van der Waals surface area contributed by atoms with Gasteiger partial charge in [0.2, 0.25) is 0 Å². The van der Waals surface area contributed by atoms with E-state index in [-0.39, 0.29) is 0 Å². The van der Waals surface area contributed by atoms with Crippen LogP contribution >= 0.6 is 11.8 Å². The highest BCUT2D eigenvalue weighted by atomic mass is 32.2. The van der Waals surface area contributed by atoms with E-state index in [1.54, 1.807) is 14.2 Å². The lowest BCUT2D eigenvalue weighted by molar-refractivity contribution is 0.405. The second-order valence-corrected chi connectivity index (χ2v) is 6.61. The Kier molecular flexibility index (Phi) is 5.48. The lowest BCUT2D eigenvalue weighted by atomic mass is 10.2. The van der Waals surface area contributed by atoms with Crippen molar-refractivity contribution in [2.24, 2.45) is 0 Å². The SMILES string of the molecule is COc1ccc(OC)c(Nc2ncnc(Sc3ccc(C)cc3)c2N)c1. The molecular formula is C19H20N4O2S. The summed E-state index contributed by atoms with van der Waals surface area (Å²) in [5, 5.41) is 3.90. The summed E-state index contributed by atoms with van der Waals surface area (Å²) in [5.74, 6) is 1.88. The van der Waals surface area contributed by atoms with E-state index < -0.39 is 0 Å². The Morgan fingerprint density at radius 1 is 1.00 bits per heavy atom. The van der Waals surface area contributed by atoms with Gasteiger partial charge in [-0.15, -0.1) is 0 Å². The van der Waals surface area contributed by atoms with Crippen molar-refractivity contribution in [2.75, 3.05) is 25.3 Å². The number of hydrogen-bond acceptors (Lipinski definition) is 7. The third-order valence-corrected chi connectivity index (χ3v) is 4.77. The average molecular weight is 368 g/mol. The molecule has 6 nitrogen and oxygen atoms in total. The minimum atomic E-state index is 0.475. The zero-order valence-electron chi connectivity index (χ0n) is 14.8. The van der Waals surface area contributed by atoms with Gasteiger partial charge in [0, 0.05) is 11.0 Å². The molecule has 0 saturated carbocycles. The van der Waals surface area contributed by atoms with Crippen molar-refractivity contribution >= 4 is 29.0 Å². The smallest absolute Gasteiger partial charge is 0.158 e. The summed E-state index contributed by atoms with van der Waals surface area (Å²) in [4.78, 5) is 9.63. The monoisotopic (exact) mass is 368 g/mol. The fourth-order valence-electron chi connectivity index (χ4n) is 2.32. The highest BCUT2D eigenvalue weighted by molar-refractivity contribution is 7.99. The highest BCUT2D eigenvalue weighted by Gasteiger charge is 2.13. The van der Waals surface area contributed by atoms with Gasteiger partial charge in [-0.05, 0) is 31.2 Å². The van der Waals surface area contributed by atoms with Crippen LogP contribution in [-0.2, 0) is 0 Å². The van der Waals surface area contributed by atoms with Crippen LogP contribution in [0, 0.1) is 6.92 Å². The van der Waals surface area contributed by atoms with Crippen LogP contribution in [0.3, 0.4) is 0 Å². The first-order valence-corrected chi connectivity index (χ1v) is 8.76. The largest absolute Gasteiger partial charge is 0.497 e. The standard InChI is InChI=1S/C19H20N4O2S/c1-12-4-7-14(8-5-12)26-19-17(20)18(21-11-22-19)23-15-10-13(24-2)6-9-16(15)25-3/h4-11H,20H2,1-3H3,(H,21,22,23). The molecule has 1 aromatic heterocycles. The van der Waals surface area contributed by atoms with Crippen LogP contribution in [0.1, 0.15) is 5.56 Å². The fourth-order valence-corrected chi connectivity index (χ4v) is 3.12. The molecule has 0 aliphatic carbocycles. The van der Waals surface area contributed by atoms with E-state index in [0.717, 1.165) is 4.90 Å². The van der Waals surface area contributed by atoms with E-state index in [9.17, 15) is 0 Å². The first kappa shape index (κ1) is 17.9. The van der Waals surface area contributed by atoms with Crippen molar-refractivity contribution in [1.82, 2.24) is 9.97 Å². The molecule has 0 bridgehead atoms. The van der Waals surface area contributed by atoms with Gasteiger partial charge < -0.3 is 20.5 Å². The van der Waals surface area contributed by atoms with Crippen molar-refractivity contribution in [2.45, 2.75) is 16.8 Å². The predicted octanol–water partition coefficient (Wildman–Crippen LogP) is 4.28. The van der Waals surface area contributed by atoms with Crippen molar-refractivity contribution in [3.8, 4) is 11.5 Å². The van der Waals surface area contributed by atoms with Crippen LogP contribution in [0.2, 0.25) is 0 Å². The Labute approximate surface area is 156 Å². The second-order valence-electron chi connectivity index (χ2n) is 5.55.